The van der Waals surface area contributed by atoms with Gasteiger partial charge in [-0.05, 0) is 44.2 Å². The molecule has 0 saturated heterocycles. The van der Waals surface area contributed by atoms with Crippen LogP contribution >= 0.6 is 0 Å². The van der Waals surface area contributed by atoms with Gasteiger partial charge in [-0.2, -0.15) is 0 Å². The molecule has 4 aromatic rings. The highest BCUT2D eigenvalue weighted by Gasteiger charge is 2.28. The van der Waals surface area contributed by atoms with Gasteiger partial charge in [-0.25, -0.2) is 12.8 Å². The fraction of sp³-hybridized carbons (Fsp3) is 0.0833. The third-order valence-corrected chi connectivity index (χ3v) is 6.81. The van der Waals surface area contributed by atoms with Gasteiger partial charge in [0.15, 0.2) is 5.78 Å². The molecule has 3 aromatic carbocycles. The molecule has 0 saturated carbocycles. The second kappa shape index (κ2) is 7.46. The highest BCUT2D eigenvalue weighted by molar-refractivity contribution is 7.91. The number of hydrogen-bond acceptors (Lipinski definition) is 4. The topological polar surface area (TPSA) is 64.1 Å². The summed E-state index contributed by atoms with van der Waals surface area (Å²) >= 11 is 0. The van der Waals surface area contributed by atoms with E-state index in [2.05, 4.69) is 4.98 Å². The Hall–Kier alpha value is -3.38. The SMILES string of the molecule is Cc1ccc(C(=O)c2cnc3ccc(F)cc3c2S(=O)(=O)c2ccc(C)cc2)cc1. The maximum absolute atomic E-state index is 14.1. The number of hydrogen-bond donors (Lipinski definition) is 0. The quantitative estimate of drug-likeness (QED) is 0.434. The van der Waals surface area contributed by atoms with E-state index in [0.717, 1.165) is 17.2 Å². The zero-order valence-electron chi connectivity index (χ0n) is 16.4. The molecule has 0 radical (unpaired) electrons. The van der Waals surface area contributed by atoms with Crippen molar-refractivity contribution >= 4 is 26.5 Å². The molecule has 6 heteroatoms. The van der Waals surface area contributed by atoms with Crippen molar-refractivity contribution in [1.29, 1.82) is 0 Å². The van der Waals surface area contributed by atoms with Crippen LogP contribution in [0.1, 0.15) is 27.0 Å². The lowest BCUT2D eigenvalue weighted by Crippen LogP contribution is -2.13. The zero-order valence-corrected chi connectivity index (χ0v) is 17.2. The van der Waals surface area contributed by atoms with Crippen molar-refractivity contribution in [3.05, 3.63) is 101 Å². The highest BCUT2D eigenvalue weighted by Crippen LogP contribution is 2.32. The molecule has 4 nitrogen and oxygen atoms in total. The number of aromatic nitrogens is 1. The molecular weight excluding hydrogens is 401 g/mol. The molecule has 0 aliphatic rings. The van der Waals surface area contributed by atoms with Gasteiger partial charge in [0, 0.05) is 17.1 Å². The van der Waals surface area contributed by atoms with E-state index in [-0.39, 0.29) is 20.7 Å². The Morgan fingerprint density at radius 1 is 0.867 bits per heavy atom. The minimum Gasteiger partial charge on any atom is -0.289 e. The van der Waals surface area contributed by atoms with Crippen LogP contribution in [0.25, 0.3) is 10.9 Å². The predicted molar refractivity (Wildman–Crippen MR) is 113 cm³/mol. The van der Waals surface area contributed by atoms with Gasteiger partial charge in [-0.15, -0.1) is 0 Å². The fourth-order valence-electron chi connectivity index (χ4n) is 3.29. The lowest BCUT2D eigenvalue weighted by molar-refractivity contribution is 0.103. The summed E-state index contributed by atoms with van der Waals surface area (Å²) in [5, 5.41) is 0.0773. The first-order valence-corrected chi connectivity index (χ1v) is 10.8. The summed E-state index contributed by atoms with van der Waals surface area (Å²) in [7, 11) is -4.12. The Morgan fingerprint density at radius 3 is 2.10 bits per heavy atom. The number of sulfone groups is 1. The number of nitrogens with zero attached hydrogens (tertiary/aromatic N) is 1. The first-order chi connectivity index (χ1) is 14.3. The van der Waals surface area contributed by atoms with E-state index in [9.17, 15) is 17.6 Å². The van der Waals surface area contributed by atoms with Crippen molar-refractivity contribution in [3.63, 3.8) is 0 Å². The lowest BCUT2D eigenvalue weighted by atomic mass is 10.0. The van der Waals surface area contributed by atoms with E-state index < -0.39 is 21.4 Å². The summed E-state index contributed by atoms with van der Waals surface area (Å²) in [6.07, 6.45) is 1.25. The van der Waals surface area contributed by atoms with Crippen LogP contribution in [0.4, 0.5) is 4.39 Å². The molecule has 4 rings (SSSR count). The highest BCUT2D eigenvalue weighted by atomic mass is 32.2. The van der Waals surface area contributed by atoms with Gasteiger partial charge in [0.1, 0.15) is 5.82 Å². The molecule has 0 bridgehead atoms. The molecule has 1 heterocycles. The average molecular weight is 419 g/mol. The summed E-state index contributed by atoms with van der Waals surface area (Å²) in [5.41, 5.74) is 2.41. The molecule has 0 aliphatic carbocycles. The predicted octanol–water partition coefficient (Wildman–Crippen LogP) is 5.05. The maximum Gasteiger partial charge on any atom is 0.208 e. The molecule has 0 N–H and O–H groups in total. The van der Waals surface area contributed by atoms with Crippen LogP contribution in [0.5, 0.6) is 0 Å². The number of rotatable bonds is 4. The van der Waals surface area contributed by atoms with Gasteiger partial charge in [0.25, 0.3) is 0 Å². The number of benzene rings is 3. The lowest BCUT2D eigenvalue weighted by Gasteiger charge is -2.13. The van der Waals surface area contributed by atoms with E-state index in [0.29, 0.717) is 11.1 Å². The first-order valence-electron chi connectivity index (χ1n) is 9.29. The molecule has 1 aromatic heterocycles. The van der Waals surface area contributed by atoms with Gasteiger partial charge in [0.05, 0.1) is 20.9 Å². The molecule has 30 heavy (non-hydrogen) atoms. The molecule has 0 aliphatic heterocycles. The van der Waals surface area contributed by atoms with Crippen LogP contribution in [-0.4, -0.2) is 19.2 Å². The summed E-state index contributed by atoms with van der Waals surface area (Å²) in [6, 6.07) is 16.9. The fourth-order valence-corrected chi connectivity index (χ4v) is 4.91. The molecule has 0 fully saturated rings. The van der Waals surface area contributed by atoms with Crippen molar-refractivity contribution in [2.75, 3.05) is 0 Å². The maximum atomic E-state index is 14.1. The Balaban J connectivity index is 2.03. The van der Waals surface area contributed by atoms with Crippen molar-refractivity contribution in [1.82, 2.24) is 4.98 Å². The Labute approximate surface area is 173 Å². The minimum atomic E-state index is -4.12. The molecule has 0 amide bonds. The molecular formula is C24H18FNO3S. The number of carbonyl (C=O) groups excluding carboxylic acids is 1. The van der Waals surface area contributed by atoms with Crippen LogP contribution in [-0.2, 0) is 9.84 Å². The largest absolute Gasteiger partial charge is 0.289 e. The van der Waals surface area contributed by atoms with Crippen molar-refractivity contribution in [2.24, 2.45) is 0 Å². The molecule has 0 unspecified atom stereocenters. The van der Waals surface area contributed by atoms with Crippen molar-refractivity contribution in [3.8, 4) is 0 Å². The number of aryl methyl sites for hydroxylation is 2. The Bertz CT molecular complexity index is 1380. The van der Waals surface area contributed by atoms with E-state index in [1.54, 1.807) is 36.4 Å². The van der Waals surface area contributed by atoms with E-state index in [1.807, 2.05) is 13.8 Å². The number of ketones is 1. The first kappa shape index (κ1) is 19.9. The standard InChI is InChI=1S/C24H18FNO3S/c1-15-3-7-17(8-4-15)23(27)21-14-26-22-12-9-18(25)13-20(22)24(21)30(28,29)19-10-5-16(2)6-11-19/h3-14H,1-2H3. The zero-order chi connectivity index (χ0) is 21.5. The van der Waals surface area contributed by atoms with E-state index in [1.165, 1.54) is 30.5 Å². The third-order valence-electron chi connectivity index (χ3n) is 4.94. The van der Waals surface area contributed by atoms with E-state index >= 15 is 0 Å². The second-order valence-corrected chi connectivity index (χ2v) is 9.06. The average Bonchev–Trinajstić information content (AvgIpc) is 2.73. The number of halogens is 1. The third kappa shape index (κ3) is 3.50. The molecule has 150 valence electrons. The van der Waals surface area contributed by atoms with Crippen molar-refractivity contribution < 1.29 is 17.6 Å². The van der Waals surface area contributed by atoms with Gasteiger partial charge in [-0.1, -0.05) is 47.5 Å². The van der Waals surface area contributed by atoms with Crippen molar-refractivity contribution in [2.45, 2.75) is 23.6 Å². The van der Waals surface area contributed by atoms with Crippen LogP contribution in [0.3, 0.4) is 0 Å². The molecule has 0 spiro atoms. The number of fused-ring (bicyclic) bond motifs is 1. The minimum absolute atomic E-state index is 0.0304. The summed E-state index contributed by atoms with van der Waals surface area (Å²) in [6.45, 7) is 3.74. The Kier molecular flexibility index (Phi) is 4.95. The monoisotopic (exact) mass is 419 g/mol. The summed E-state index contributed by atoms with van der Waals surface area (Å²) < 4.78 is 41.2. The number of pyridine rings is 1. The van der Waals surface area contributed by atoms with Crippen LogP contribution in [0.2, 0.25) is 0 Å². The van der Waals surface area contributed by atoms with Gasteiger partial charge in [0.2, 0.25) is 9.84 Å². The summed E-state index contributed by atoms with van der Waals surface area (Å²) in [5.74, 6) is -1.09. The summed E-state index contributed by atoms with van der Waals surface area (Å²) in [4.78, 5) is 17.3. The normalized spacial score (nSPS) is 11.6. The van der Waals surface area contributed by atoms with E-state index in [4.69, 9.17) is 0 Å². The van der Waals surface area contributed by atoms with Crippen LogP contribution in [0.15, 0.2) is 82.7 Å². The van der Waals surface area contributed by atoms with Gasteiger partial charge >= 0.3 is 0 Å². The smallest absolute Gasteiger partial charge is 0.208 e. The number of carbonyl (C=O) groups is 1. The second-order valence-electron chi connectivity index (χ2n) is 7.17. The van der Waals surface area contributed by atoms with Crippen LogP contribution in [0, 0.1) is 19.7 Å². The van der Waals surface area contributed by atoms with Crippen LogP contribution < -0.4 is 0 Å². The Morgan fingerprint density at radius 2 is 1.47 bits per heavy atom. The molecule has 0 atom stereocenters. The van der Waals surface area contributed by atoms with Gasteiger partial charge in [-0.3, -0.25) is 9.78 Å². The van der Waals surface area contributed by atoms with Gasteiger partial charge < -0.3 is 0 Å².